The van der Waals surface area contributed by atoms with E-state index < -0.39 is 0 Å². The van der Waals surface area contributed by atoms with Gasteiger partial charge in [0.15, 0.2) is 0 Å². The predicted molar refractivity (Wildman–Crippen MR) is 87.6 cm³/mol. The first-order chi connectivity index (χ1) is 11.1. The summed E-state index contributed by atoms with van der Waals surface area (Å²) in [5.41, 5.74) is 3.41. The third-order valence-electron chi connectivity index (χ3n) is 4.19. The molecule has 1 amide bonds. The Morgan fingerprint density at radius 3 is 2.91 bits per heavy atom. The molecule has 0 aliphatic carbocycles. The number of hydrogen-bond acceptors (Lipinski definition) is 5. The van der Waals surface area contributed by atoms with Gasteiger partial charge in [-0.25, -0.2) is 4.79 Å². The van der Waals surface area contributed by atoms with Gasteiger partial charge in [-0.3, -0.25) is 0 Å². The van der Waals surface area contributed by atoms with Crippen molar-refractivity contribution in [3.05, 3.63) is 28.8 Å². The molecule has 0 spiro atoms. The van der Waals surface area contributed by atoms with Crippen LogP contribution in [-0.2, 0) is 17.7 Å². The van der Waals surface area contributed by atoms with E-state index >= 15 is 0 Å². The zero-order valence-electron chi connectivity index (χ0n) is 14.1. The highest BCUT2D eigenvalue weighted by atomic mass is 16.6. The molecule has 1 heterocycles. The molecule has 0 radical (unpaired) electrons. The minimum atomic E-state index is -0.265. The molecule has 6 nitrogen and oxygen atoms in total. The lowest BCUT2D eigenvalue weighted by atomic mass is 9.91. The number of rotatable bonds is 6. The first-order valence-electron chi connectivity index (χ1n) is 8.07. The number of benzene rings is 1. The molecule has 0 bridgehead atoms. The van der Waals surface area contributed by atoms with Gasteiger partial charge in [-0.1, -0.05) is 6.07 Å². The second kappa shape index (κ2) is 8.17. The normalized spacial score (nSPS) is 16.9. The quantitative estimate of drug-likeness (QED) is 0.782. The Kier molecular flexibility index (Phi) is 6.24. The van der Waals surface area contributed by atoms with Crippen LogP contribution in [0, 0.1) is 0 Å². The number of hydrogen-bond donors (Lipinski definition) is 2. The van der Waals surface area contributed by atoms with Crippen LogP contribution < -0.4 is 10.1 Å². The summed E-state index contributed by atoms with van der Waals surface area (Å²) >= 11 is 0. The van der Waals surface area contributed by atoms with Gasteiger partial charge in [-0.15, -0.1) is 0 Å². The van der Waals surface area contributed by atoms with Gasteiger partial charge in [0.05, 0.1) is 26.4 Å². The molecule has 2 N–H and O–H groups in total. The predicted octanol–water partition coefficient (Wildman–Crippen LogP) is 1.85. The molecule has 128 valence electrons. The van der Waals surface area contributed by atoms with Crippen molar-refractivity contribution in [2.75, 3.05) is 33.4 Å². The minimum absolute atomic E-state index is 0.0360. The van der Waals surface area contributed by atoms with E-state index in [0.717, 1.165) is 23.3 Å². The van der Waals surface area contributed by atoms with Gasteiger partial charge in [0, 0.05) is 25.2 Å². The van der Waals surface area contributed by atoms with Crippen LogP contribution in [0.1, 0.15) is 36.6 Å². The average Bonchev–Trinajstić information content (AvgIpc) is 2.55. The third-order valence-corrected chi connectivity index (χ3v) is 4.19. The van der Waals surface area contributed by atoms with Crippen molar-refractivity contribution in [2.24, 2.45) is 0 Å². The molecule has 0 saturated heterocycles. The molecule has 1 aromatic carbocycles. The molecule has 1 atom stereocenters. The van der Waals surface area contributed by atoms with Gasteiger partial charge < -0.3 is 24.8 Å². The van der Waals surface area contributed by atoms with Gasteiger partial charge in [0.2, 0.25) is 0 Å². The lowest BCUT2D eigenvalue weighted by Gasteiger charge is -2.35. The number of ether oxygens (including phenoxy) is 2. The summed E-state index contributed by atoms with van der Waals surface area (Å²) in [6.45, 7) is 6.17. The molecule has 23 heavy (non-hydrogen) atoms. The zero-order chi connectivity index (χ0) is 16.8. The van der Waals surface area contributed by atoms with Crippen molar-refractivity contribution in [1.29, 1.82) is 0 Å². The standard InChI is InChI=1S/C17H26N2O4/c1-4-23-17(21)19-7-5-13-9-14(11-18-6-8-20)16(22-3)10-15(13)12(19)2/h9-10,12,18,20H,4-8,11H2,1-3H3. The van der Waals surface area contributed by atoms with Gasteiger partial charge in [-0.05, 0) is 37.5 Å². The number of nitrogens with zero attached hydrogens (tertiary/aromatic N) is 1. The smallest absolute Gasteiger partial charge is 0.410 e. The molecule has 2 rings (SSSR count). The molecule has 1 aliphatic heterocycles. The van der Waals surface area contributed by atoms with E-state index in [1.54, 1.807) is 12.0 Å². The summed E-state index contributed by atoms with van der Waals surface area (Å²) in [5, 5.41) is 12.1. The summed E-state index contributed by atoms with van der Waals surface area (Å²) < 4.78 is 10.6. The number of methoxy groups -OCH3 is 1. The number of nitrogens with one attached hydrogen (secondary N) is 1. The highest BCUT2D eigenvalue weighted by Gasteiger charge is 2.29. The number of fused-ring (bicyclic) bond motifs is 1. The Hall–Kier alpha value is -1.79. The molecule has 0 aromatic heterocycles. The van der Waals surface area contributed by atoms with E-state index in [9.17, 15) is 4.79 Å². The van der Waals surface area contributed by atoms with Crippen LogP contribution in [0.15, 0.2) is 12.1 Å². The topological polar surface area (TPSA) is 71.0 Å². The molecule has 6 heteroatoms. The van der Waals surface area contributed by atoms with Crippen LogP contribution in [-0.4, -0.2) is 49.5 Å². The van der Waals surface area contributed by atoms with Gasteiger partial charge in [0.25, 0.3) is 0 Å². The molecular formula is C17H26N2O4. The van der Waals surface area contributed by atoms with Crippen molar-refractivity contribution in [3.63, 3.8) is 0 Å². The van der Waals surface area contributed by atoms with Crippen LogP contribution in [0.5, 0.6) is 5.75 Å². The number of amides is 1. The lowest BCUT2D eigenvalue weighted by Crippen LogP contribution is -2.39. The van der Waals surface area contributed by atoms with Crippen molar-refractivity contribution in [2.45, 2.75) is 32.9 Å². The Labute approximate surface area is 137 Å². The average molecular weight is 322 g/mol. The molecular weight excluding hydrogens is 296 g/mol. The maximum absolute atomic E-state index is 12.1. The second-order valence-corrected chi connectivity index (χ2v) is 5.58. The zero-order valence-corrected chi connectivity index (χ0v) is 14.1. The fourth-order valence-corrected chi connectivity index (χ4v) is 2.99. The lowest BCUT2D eigenvalue weighted by molar-refractivity contribution is 0.0901. The maximum Gasteiger partial charge on any atom is 0.410 e. The molecule has 0 fully saturated rings. The fraction of sp³-hybridized carbons (Fsp3) is 0.588. The molecule has 1 aromatic rings. The number of carbonyl (C=O) groups excluding carboxylic acids is 1. The Morgan fingerprint density at radius 1 is 1.48 bits per heavy atom. The van der Waals surface area contributed by atoms with Gasteiger partial charge in [-0.2, -0.15) is 0 Å². The number of carbonyl (C=O) groups is 1. The van der Waals surface area contributed by atoms with E-state index in [4.69, 9.17) is 14.6 Å². The van der Waals surface area contributed by atoms with Crippen molar-refractivity contribution in [3.8, 4) is 5.75 Å². The highest BCUT2D eigenvalue weighted by molar-refractivity contribution is 5.69. The van der Waals surface area contributed by atoms with Crippen molar-refractivity contribution < 1.29 is 19.4 Å². The van der Waals surface area contributed by atoms with Crippen LogP contribution in [0.2, 0.25) is 0 Å². The highest BCUT2D eigenvalue weighted by Crippen LogP contribution is 2.34. The first-order valence-corrected chi connectivity index (χ1v) is 8.07. The first kappa shape index (κ1) is 17.6. The summed E-state index contributed by atoms with van der Waals surface area (Å²) in [5.74, 6) is 0.798. The second-order valence-electron chi connectivity index (χ2n) is 5.58. The minimum Gasteiger partial charge on any atom is -0.496 e. The van der Waals surface area contributed by atoms with Crippen LogP contribution in [0.25, 0.3) is 0 Å². The maximum atomic E-state index is 12.1. The molecule has 1 unspecified atom stereocenters. The largest absolute Gasteiger partial charge is 0.496 e. The van der Waals surface area contributed by atoms with Gasteiger partial charge >= 0.3 is 6.09 Å². The summed E-state index contributed by atoms with van der Waals surface area (Å²) in [7, 11) is 1.65. The van der Waals surface area contributed by atoms with Crippen LogP contribution >= 0.6 is 0 Å². The number of aliphatic hydroxyl groups is 1. The summed E-state index contributed by atoms with van der Waals surface area (Å²) in [4.78, 5) is 13.8. The van der Waals surface area contributed by atoms with Crippen LogP contribution in [0.4, 0.5) is 4.79 Å². The van der Waals surface area contributed by atoms with Crippen molar-refractivity contribution in [1.82, 2.24) is 10.2 Å². The Balaban J connectivity index is 2.23. The van der Waals surface area contributed by atoms with Gasteiger partial charge in [0.1, 0.15) is 5.75 Å². The molecule has 1 aliphatic rings. The summed E-state index contributed by atoms with van der Waals surface area (Å²) in [6, 6.07) is 4.12. The summed E-state index contributed by atoms with van der Waals surface area (Å²) in [6.07, 6.45) is 0.536. The van der Waals surface area contributed by atoms with E-state index in [-0.39, 0.29) is 18.7 Å². The Morgan fingerprint density at radius 2 is 2.26 bits per heavy atom. The van der Waals surface area contributed by atoms with Crippen LogP contribution in [0.3, 0.4) is 0 Å². The third kappa shape index (κ3) is 3.95. The van der Waals surface area contributed by atoms with E-state index in [2.05, 4.69) is 11.4 Å². The van der Waals surface area contributed by atoms with E-state index in [1.165, 1.54) is 5.56 Å². The SMILES string of the molecule is CCOC(=O)N1CCc2cc(CNCCO)c(OC)cc2C1C. The Bertz CT molecular complexity index is 548. The monoisotopic (exact) mass is 322 g/mol. The van der Waals surface area contributed by atoms with E-state index in [1.807, 2.05) is 19.9 Å². The molecule has 0 saturated carbocycles. The van der Waals surface area contributed by atoms with Crippen molar-refractivity contribution >= 4 is 6.09 Å². The fourth-order valence-electron chi connectivity index (χ4n) is 2.99. The number of aliphatic hydroxyl groups excluding tert-OH is 1. The van der Waals surface area contributed by atoms with E-state index in [0.29, 0.717) is 26.2 Å².